The van der Waals surface area contributed by atoms with Gasteiger partial charge in [0.05, 0.1) is 6.04 Å². The topological polar surface area (TPSA) is 68.2 Å². The molecule has 0 amide bonds. The van der Waals surface area contributed by atoms with Gasteiger partial charge >= 0.3 is 6.01 Å². The van der Waals surface area contributed by atoms with E-state index in [9.17, 15) is 0 Å². The van der Waals surface area contributed by atoms with Gasteiger partial charge < -0.3 is 15.1 Å². The van der Waals surface area contributed by atoms with Crippen molar-refractivity contribution in [1.29, 1.82) is 0 Å². The van der Waals surface area contributed by atoms with Crippen molar-refractivity contribution in [3.05, 3.63) is 5.89 Å². The summed E-state index contributed by atoms with van der Waals surface area (Å²) in [7, 11) is 0. The average molecular weight is 224 g/mol. The molecule has 0 radical (unpaired) electrons. The van der Waals surface area contributed by atoms with E-state index in [-0.39, 0.29) is 6.04 Å². The Morgan fingerprint density at radius 2 is 2.19 bits per heavy atom. The molecule has 1 aromatic rings. The fourth-order valence-corrected chi connectivity index (χ4v) is 2.12. The zero-order valence-electron chi connectivity index (χ0n) is 10.2. The van der Waals surface area contributed by atoms with Crippen LogP contribution >= 0.6 is 0 Å². The lowest BCUT2D eigenvalue weighted by Crippen LogP contribution is -2.40. The van der Waals surface area contributed by atoms with Crippen LogP contribution in [-0.4, -0.2) is 23.3 Å². The number of piperidine rings is 1. The van der Waals surface area contributed by atoms with Gasteiger partial charge in [-0.1, -0.05) is 18.9 Å². The summed E-state index contributed by atoms with van der Waals surface area (Å²) in [5.74, 6) is 0.512. The zero-order chi connectivity index (χ0) is 11.8. The zero-order valence-corrected chi connectivity index (χ0v) is 10.2. The number of anilines is 1. The Kier molecular flexibility index (Phi) is 2.88. The van der Waals surface area contributed by atoms with Crippen molar-refractivity contribution in [2.24, 2.45) is 11.1 Å². The van der Waals surface area contributed by atoms with E-state index >= 15 is 0 Å². The average Bonchev–Trinajstić information content (AvgIpc) is 2.64. The summed E-state index contributed by atoms with van der Waals surface area (Å²) in [6.45, 7) is 8.33. The van der Waals surface area contributed by atoms with E-state index < -0.39 is 0 Å². The molecule has 1 aliphatic rings. The lowest BCUT2D eigenvalue weighted by Gasteiger charge is -2.36. The van der Waals surface area contributed by atoms with Crippen LogP contribution in [-0.2, 0) is 0 Å². The summed E-state index contributed by atoms with van der Waals surface area (Å²) in [6, 6.07) is 0.416. The van der Waals surface area contributed by atoms with Crippen LogP contribution in [0.4, 0.5) is 6.01 Å². The number of hydrogen-bond acceptors (Lipinski definition) is 5. The van der Waals surface area contributed by atoms with E-state index in [1.165, 1.54) is 12.8 Å². The summed E-state index contributed by atoms with van der Waals surface area (Å²) in [6.07, 6.45) is 2.42. The highest BCUT2D eigenvalue weighted by Crippen LogP contribution is 2.31. The fraction of sp³-hybridized carbons (Fsp3) is 0.818. The number of hydrogen-bond donors (Lipinski definition) is 1. The van der Waals surface area contributed by atoms with Gasteiger partial charge in [-0.15, -0.1) is 5.10 Å². The maximum Gasteiger partial charge on any atom is 0.318 e. The first-order valence-electron chi connectivity index (χ1n) is 5.82. The first kappa shape index (κ1) is 11.4. The lowest BCUT2D eigenvalue weighted by molar-refractivity contribution is 0.282. The third kappa shape index (κ3) is 2.35. The predicted octanol–water partition coefficient (Wildman–Crippen LogP) is 1.72. The van der Waals surface area contributed by atoms with Crippen LogP contribution < -0.4 is 10.6 Å². The largest absolute Gasteiger partial charge is 0.406 e. The normalized spacial score (nSPS) is 22.1. The second-order valence-electron chi connectivity index (χ2n) is 5.40. The molecule has 0 aromatic carbocycles. The third-order valence-electron chi connectivity index (χ3n) is 2.99. The highest BCUT2D eigenvalue weighted by atomic mass is 16.4. The summed E-state index contributed by atoms with van der Waals surface area (Å²) in [5, 5.41) is 8.01. The third-order valence-corrected chi connectivity index (χ3v) is 2.99. The molecule has 0 saturated carbocycles. The smallest absolute Gasteiger partial charge is 0.318 e. The Morgan fingerprint density at radius 3 is 2.75 bits per heavy atom. The van der Waals surface area contributed by atoms with E-state index in [1.54, 1.807) is 0 Å². The Morgan fingerprint density at radius 1 is 1.44 bits per heavy atom. The lowest BCUT2D eigenvalue weighted by atomic mass is 9.84. The molecule has 5 nitrogen and oxygen atoms in total. The molecule has 1 atom stereocenters. The minimum absolute atomic E-state index is 0.195. The Hall–Kier alpha value is -1.10. The predicted molar refractivity (Wildman–Crippen MR) is 62.1 cm³/mol. The van der Waals surface area contributed by atoms with Crippen LogP contribution in [0.15, 0.2) is 4.42 Å². The highest BCUT2D eigenvalue weighted by molar-refractivity contribution is 5.26. The van der Waals surface area contributed by atoms with Crippen molar-refractivity contribution in [3.63, 3.8) is 0 Å². The minimum atomic E-state index is -0.195. The second-order valence-corrected chi connectivity index (χ2v) is 5.40. The van der Waals surface area contributed by atoms with Gasteiger partial charge in [0, 0.05) is 13.1 Å². The van der Waals surface area contributed by atoms with E-state index in [0.717, 1.165) is 13.1 Å². The maximum atomic E-state index is 5.70. The van der Waals surface area contributed by atoms with Crippen LogP contribution in [0.3, 0.4) is 0 Å². The summed E-state index contributed by atoms with van der Waals surface area (Å²) in [4.78, 5) is 2.16. The summed E-state index contributed by atoms with van der Waals surface area (Å²) >= 11 is 0. The molecular weight excluding hydrogens is 204 g/mol. The molecule has 16 heavy (non-hydrogen) atoms. The Bertz CT molecular complexity index is 359. The molecule has 1 unspecified atom stereocenters. The van der Waals surface area contributed by atoms with Gasteiger partial charge in [0.1, 0.15) is 0 Å². The number of rotatable bonds is 2. The summed E-state index contributed by atoms with van der Waals surface area (Å²) in [5.41, 5.74) is 6.02. The van der Waals surface area contributed by atoms with Gasteiger partial charge in [-0.25, -0.2) is 0 Å². The quantitative estimate of drug-likeness (QED) is 0.828. The van der Waals surface area contributed by atoms with Crippen LogP contribution in [0.5, 0.6) is 0 Å². The molecular formula is C11H20N4O. The van der Waals surface area contributed by atoms with Crippen LogP contribution in [0, 0.1) is 5.41 Å². The fourth-order valence-electron chi connectivity index (χ4n) is 2.12. The molecule has 0 aliphatic carbocycles. The number of nitrogens with two attached hydrogens (primary N) is 1. The van der Waals surface area contributed by atoms with Crippen LogP contribution in [0.1, 0.15) is 45.5 Å². The molecule has 0 spiro atoms. The maximum absolute atomic E-state index is 5.70. The number of aromatic nitrogens is 2. The second kappa shape index (κ2) is 4.05. The van der Waals surface area contributed by atoms with Crippen molar-refractivity contribution in [2.75, 3.05) is 18.0 Å². The minimum Gasteiger partial charge on any atom is -0.406 e. The van der Waals surface area contributed by atoms with Gasteiger partial charge in [0.15, 0.2) is 0 Å². The summed E-state index contributed by atoms with van der Waals surface area (Å²) < 4.78 is 5.56. The highest BCUT2D eigenvalue weighted by Gasteiger charge is 2.29. The van der Waals surface area contributed by atoms with Gasteiger partial charge in [-0.05, 0) is 25.2 Å². The first-order valence-corrected chi connectivity index (χ1v) is 5.82. The molecule has 2 heterocycles. The molecule has 0 bridgehead atoms. The van der Waals surface area contributed by atoms with Gasteiger partial charge in [-0.3, -0.25) is 0 Å². The SMILES string of the molecule is CC(N)c1nnc(N2CCCC(C)(C)C2)o1. The Balaban J connectivity index is 2.11. The Labute approximate surface area is 96.0 Å². The molecule has 2 rings (SSSR count). The van der Waals surface area contributed by atoms with E-state index in [1.807, 2.05) is 6.92 Å². The van der Waals surface area contributed by atoms with E-state index in [4.69, 9.17) is 10.2 Å². The van der Waals surface area contributed by atoms with E-state index in [2.05, 4.69) is 28.9 Å². The van der Waals surface area contributed by atoms with Gasteiger partial charge in [-0.2, -0.15) is 0 Å². The van der Waals surface area contributed by atoms with Crippen LogP contribution in [0.2, 0.25) is 0 Å². The molecule has 1 saturated heterocycles. The number of nitrogens with zero attached hydrogens (tertiary/aromatic N) is 3. The van der Waals surface area contributed by atoms with Crippen molar-refractivity contribution in [3.8, 4) is 0 Å². The van der Waals surface area contributed by atoms with Crippen molar-refractivity contribution < 1.29 is 4.42 Å². The van der Waals surface area contributed by atoms with Gasteiger partial charge in [0.25, 0.3) is 0 Å². The molecule has 2 N–H and O–H groups in total. The van der Waals surface area contributed by atoms with Crippen molar-refractivity contribution >= 4 is 6.01 Å². The molecule has 1 aliphatic heterocycles. The van der Waals surface area contributed by atoms with Gasteiger partial charge in [0.2, 0.25) is 5.89 Å². The molecule has 1 fully saturated rings. The van der Waals surface area contributed by atoms with E-state index in [0.29, 0.717) is 17.3 Å². The standard InChI is InChI=1S/C11H20N4O/c1-8(12)9-13-14-10(16-9)15-6-4-5-11(2,3)7-15/h8H,4-7,12H2,1-3H3. The van der Waals surface area contributed by atoms with Crippen LogP contribution in [0.25, 0.3) is 0 Å². The monoisotopic (exact) mass is 224 g/mol. The molecule has 5 heteroatoms. The molecule has 1 aromatic heterocycles. The first-order chi connectivity index (χ1) is 7.48. The van der Waals surface area contributed by atoms with Crippen molar-refractivity contribution in [1.82, 2.24) is 10.2 Å². The van der Waals surface area contributed by atoms with Crippen molar-refractivity contribution in [2.45, 2.75) is 39.7 Å². The molecule has 90 valence electrons.